The summed E-state index contributed by atoms with van der Waals surface area (Å²) >= 11 is 0. The van der Waals surface area contributed by atoms with Gasteiger partial charge in [0.05, 0.1) is 0 Å². The normalized spacial score (nSPS) is 14.8. The molecule has 0 fully saturated rings. The van der Waals surface area contributed by atoms with Gasteiger partial charge in [-0.05, 0) is 6.92 Å². The van der Waals surface area contributed by atoms with Crippen molar-refractivity contribution in [1.82, 2.24) is 0 Å². The van der Waals surface area contributed by atoms with Crippen LogP contribution in [0.3, 0.4) is 0 Å². The highest BCUT2D eigenvalue weighted by Crippen LogP contribution is 2.46. The maximum atomic E-state index is 12.3. The molecular formula is C5H5F7O. The van der Waals surface area contributed by atoms with Gasteiger partial charge in [0.2, 0.25) is 0 Å². The average Bonchev–Trinajstić information content (AvgIpc) is 1.82. The minimum Gasteiger partial charge on any atom is -0.332 e. The van der Waals surface area contributed by atoms with Crippen LogP contribution in [0.5, 0.6) is 0 Å². The Hall–Kier alpha value is -0.530. The first kappa shape index (κ1) is 12.5. The van der Waals surface area contributed by atoms with Crippen molar-refractivity contribution < 1.29 is 35.5 Å². The van der Waals surface area contributed by atoms with Gasteiger partial charge in [-0.25, -0.2) is 0 Å². The van der Waals surface area contributed by atoms with Gasteiger partial charge in [-0.1, -0.05) is 0 Å². The van der Waals surface area contributed by atoms with Crippen LogP contribution in [0, 0.1) is 0 Å². The molecule has 0 amide bonds. The fourth-order valence-electron chi connectivity index (χ4n) is 0.523. The van der Waals surface area contributed by atoms with Crippen molar-refractivity contribution in [3.8, 4) is 0 Å². The molecule has 0 saturated heterocycles. The van der Waals surface area contributed by atoms with Gasteiger partial charge >= 0.3 is 18.2 Å². The molecular weight excluding hydrogens is 209 g/mol. The molecule has 0 aliphatic carbocycles. The monoisotopic (exact) mass is 214 g/mol. The molecule has 0 rings (SSSR count). The van der Waals surface area contributed by atoms with E-state index in [1.165, 1.54) is 0 Å². The van der Waals surface area contributed by atoms with E-state index in [0.29, 0.717) is 0 Å². The van der Waals surface area contributed by atoms with Crippen molar-refractivity contribution in [2.45, 2.75) is 25.1 Å². The van der Waals surface area contributed by atoms with Crippen LogP contribution in [-0.2, 0) is 4.74 Å². The summed E-state index contributed by atoms with van der Waals surface area (Å²) in [7, 11) is 0. The number of rotatable bonds is 2. The van der Waals surface area contributed by atoms with Gasteiger partial charge in [-0.3, -0.25) is 0 Å². The van der Waals surface area contributed by atoms with E-state index < -0.39 is 24.8 Å². The summed E-state index contributed by atoms with van der Waals surface area (Å²) in [5.41, 5.74) is 0. The summed E-state index contributed by atoms with van der Waals surface area (Å²) < 4.78 is 84.8. The predicted octanol–water partition coefficient (Wildman–Crippen LogP) is 2.81. The van der Waals surface area contributed by atoms with Crippen LogP contribution in [-0.4, -0.2) is 24.8 Å². The topological polar surface area (TPSA) is 9.23 Å². The predicted molar refractivity (Wildman–Crippen MR) is 27.6 cm³/mol. The summed E-state index contributed by atoms with van der Waals surface area (Å²) in [5.74, 6) is -5.57. The van der Waals surface area contributed by atoms with E-state index in [9.17, 15) is 30.7 Å². The van der Waals surface area contributed by atoms with Crippen LogP contribution in [0.25, 0.3) is 0 Å². The largest absolute Gasteiger partial charge is 0.458 e. The summed E-state index contributed by atoms with van der Waals surface area (Å²) in [6, 6.07) is 0. The smallest absolute Gasteiger partial charge is 0.332 e. The average molecular weight is 214 g/mol. The minimum atomic E-state index is -6.12. The van der Waals surface area contributed by atoms with Crippen molar-refractivity contribution in [3.05, 3.63) is 0 Å². The van der Waals surface area contributed by atoms with Crippen LogP contribution in [0.1, 0.15) is 6.92 Å². The van der Waals surface area contributed by atoms with Gasteiger partial charge in [0.1, 0.15) is 0 Å². The highest BCUT2D eigenvalue weighted by Gasteiger charge is 2.74. The summed E-state index contributed by atoms with van der Waals surface area (Å²) in [5, 5.41) is 0. The van der Waals surface area contributed by atoms with E-state index >= 15 is 0 Å². The Labute approximate surface area is 68.5 Å². The standard InChI is InChI=1S/C5H5F7O/c1-2-13-3(6,4(7,8)9)5(10,11)12/h2H2,1H3. The molecule has 0 radical (unpaired) electrons. The molecule has 0 atom stereocenters. The molecule has 13 heavy (non-hydrogen) atoms. The Morgan fingerprint density at radius 1 is 0.846 bits per heavy atom. The molecule has 0 aliphatic rings. The third-order valence-corrected chi connectivity index (χ3v) is 1.07. The van der Waals surface area contributed by atoms with E-state index in [-0.39, 0.29) is 0 Å². The zero-order valence-electron chi connectivity index (χ0n) is 6.26. The molecule has 0 N–H and O–H groups in total. The molecule has 0 heterocycles. The molecule has 0 unspecified atom stereocenters. The molecule has 8 heteroatoms. The molecule has 1 nitrogen and oxygen atoms in total. The quantitative estimate of drug-likeness (QED) is 0.642. The summed E-state index contributed by atoms with van der Waals surface area (Å²) in [4.78, 5) is 0. The van der Waals surface area contributed by atoms with Crippen molar-refractivity contribution in [1.29, 1.82) is 0 Å². The van der Waals surface area contributed by atoms with Crippen LogP contribution in [0.4, 0.5) is 30.7 Å². The van der Waals surface area contributed by atoms with E-state index in [0.717, 1.165) is 6.92 Å². The fourth-order valence-corrected chi connectivity index (χ4v) is 0.523. The second kappa shape index (κ2) is 3.32. The van der Waals surface area contributed by atoms with Crippen molar-refractivity contribution in [2.75, 3.05) is 6.61 Å². The molecule has 0 aromatic rings. The first-order chi connectivity index (χ1) is 5.56. The SMILES string of the molecule is CCOC(F)(C(F)(F)F)C(F)(F)F. The van der Waals surface area contributed by atoms with Gasteiger partial charge in [0.25, 0.3) is 0 Å². The highest BCUT2D eigenvalue weighted by molar-refractivity contribution is 4.85. The molecule has 0 saturated carbocycles. The number of alkyl halides is 7. The highest BCUT2D eigenvalue weighted by atomic mass is 19.4. The first-order valence-electron chi connectivity index (χ1n) is 3.02. The van der Waals surface area contributed by atoms with Crippen LogP contribution in [0.15, 0.2) is 0 Å². The minimum absolute atomic E-state index is 0.825. The summed E-state index contributed by atoms with van der Waals surface area (Å²) in [6.07, 6.45) is -12.2. The van der Waals surface area contributed by atoms with E-state index in [2.05, 4.69) is 4.74 Å². The van der Waals surface area contributed by atoms with Gasteiger partial charge < -0.3 is 4.74 Å². The first-order valence-corrected chi connectivity index (χ1v) is 3.02. The van der Waals surface area contributed by atoms with Crippen molar-refractivity contribution in [3.63, 3.8) is 0 Å². The van der Waals surface area contributed by atoms with Gasteiger partial charge in [-0.15, -0.1) is 0 Å². The van der Waals surface area contributed by atoms with E-state index in [1.54, 1.807) is 0 Å². The maximum absolute atomic E-state index is 12.3. The second-order valence-corrected chi connectivity index (χ2v) is 2.02. The molecule has 0 aromatic heterocycles. The van der Waals surface area contributed by atoms with Crippen molar-refractivity contribution in [2.24, 2.45) is 0 Å². The molecule has 0 bridgehead atoms. The zero-order valence-corrected chi connectivity index (χ0v) is 6.26. The Bertz CT molecular complexity index is 155. The number of halogens is 7. The van der Waals surface area contributed by atoms with Crippen LogP contribution in [0.2, 0.25) is 0 Å². The number of hydrogen-bond donors (Lipinski definition) is 0. The number of ether oxygens (including phenoxy) is 1. The fraction of sp³-hybridized carbons (Fsp3) is 1.00. The zero-order chi connectivity index (χ0) is 10.9. The van der Waals surface area contributed by atoms with E-state index in [4.69, 9.17) is 0 Å². The lowest BCUT2D eigenvalue weighted by Gasteiger charge is -2.28. The molecule has 80 valence electrons. The Morgan fingerprint density at radius 3 is 1.23 bits per heavy atom. The van der Waals surface area contributed by atoms with Crippen molar-refractivity contribution >= 4 is 0 Å². The lowest BCUT2D eigenvalue weighted by molar-refractivity contribution is -0.429. The Morgan fingerprint density at radius 2 is 1.15 bits per heavy atom. The van der Waals surface area contributed by atoms with E-state index in [1.807, 2.05) is 0 Å². The molecule has 0 aromatic carbocycles. The number of hydrogen-bond acceptors (Lipinski definition) is 1. The lowest BCUT2D eigenvalue weighted by atomic mass is 10.3. The maximum Gasteiger partial charge on any atom is 0.458 e. The van der Waals surface area contributed by atoms with Gasteiger partial charge in [0.15, 0.2) is 0 Å². The third-order valence-electron chi connectivity index (χ3n) is 1.07. The molecule has 0 aliphatic heterocycles. The second-order valence-electron chi connectivity index (χ2n) is 2.02. The Balaban J connectivity index is 4.96. The lowest BCUT2D eigenvalue weighted by Crippen LogP contribution is -2.55. The molecule has 0 spiro atoms. The summed E-state index contributed by atoms with van der Waals surface area (Å²) in [6.45, 7) is -0.207. The third kappa shape index (κ3) is 2.23. The Kier molecular flexibility index (Phi) is 3.18. The van der Waals surface area contributed by atoms with Gasteiger partial charge in [-0.2, -0.15) is 30.7 Å². The van der Waals surface area contributed by atoms with Gasteiger partial charge in [0, 0.05) is 6.61 Å². The van der Waals surface area contributed by atoms with Crippen LogP contribution >= 0.6 is 0 Å². The van der Waals surface area contributed by atoms with Crippen LogP contribution < -0.4 is 0 Å².